The maximum absolute atomic E-state index is 12.4. The van der Waals surface area contributed by atoms with Gasteiger partial charge in [0.2, 0.25) is 0 Å². The maximum Gasteiger partial charge on any atom is 0.289 e. The van der Waals surface area contributed by atoms with Crippen molar-refractivity contribution >= 4 is 35.8 Å². The summed E-state index contributed by atoms with van der Waals surface area (Å²) in [6.07, 6.45) is 4.02. The van der Waals surface area contributed by atoms with Gasteiger partial charge in [-0.1, -0.05) is 13.8 Å². The molecule has 7 nitrogen and oxygen atoms in total. The number of likely N-dealkylation sites (tertiary alicyclic amines) is 1. The fourth-order valence-corrected chi connectivity index (χ4v) is 4.49. The number of piperidine rings is 1. The molecule has 2 aliphatic rings. The number of piperazine rings is 1. The van der Waals surface area contributed by atoms with Crippen molar-refractivity contribution in [1.29, 1.82) is 0 Å². The van der Waals surface area contributed by atoms with Crippen LogP contribution in [-0.2, 0) is 0 Å². The monoisotopic (exact) mass is 517 g/mol. The molecule has 29 heavy (non-hydrogen) atoms. The summed E-state index contributed by atoms with van der Waals surface area (Å²) in [5.74, 6) is 2.94. The lowest BCUT2D eigenvalue weighted by atomic mass is 9.92. The van der Waals surface area contributed by atoms with Crippen molar-refractivity contribution in [2.75, 3.05) is 59.4 Å². The zero-order valence-electron chi connectivity index (χ0n) is 18.0. The van der Waals surface area contributed by atoms with Gasteiger partial charge in [0.1, 0.15) is 0 Å². The van der Waals surface area contributed by atoms with Gasteiger partial charge in [-0.25, -0.2) is 0 Å². The van der Waals surface area contributed by atoms with Gasteiger partial charge >= 0.3 is 0 Å². The predicted octanol–water partition coefficient (Wildman–Crippen LogP) is 2.60. The molecule has 0 aliphatic carbocycles. The van der Waals surface area contributed by atoms with Gasteiger partial charge in [-0.15, -0.1) is 24.0 Å². The van der Waals surface area contributed by atoms with Gasteiger partial charge < -0.3 is 24.4 Å². The summed E-state index contributed by atoms with van der Waals surface area (Å²) < 4.78 is 5.23. The minimum absolute atomic E-state index is 0. The summed E-state index contributed by atoms with van der Waals surface area (Å²) in [6.45, 7) is 12.2. The highest BCUT2D eigenvalue weighted by molar-refractivity contribution is 14.0. The summed E-state index contributed by atoms with van der Waals surface area (Å²) in [5, 5.41) is 3.50. The third-order valence-corrected chi connectivity index (χ3v) is 5.69. The summed E-state index contributed by atoms with van der Waals surface area (Å²) in [7, 11) is 1.83. The van der Waals surface area contributed by atoms with Crippen LogP contribution in [0.4, 0.5) is 0 Å². The molecule has 1 aromatic rings. The number of carbonyl (C=O) groups is 1. The Morgan fingerprint density at radius 3 is 2.41 bits per heavy atom. The molecule has 0 aromatic carbocycles. The topological polar surface area (TPSA) is 64.3 Å². The van der Waals surface area contributed by atoms with Crippen LogP contribution in [0.25, 0.3) is 0 Å². The number of hydrogen-bond acceptors (Lipinski definition) is 4. The van der Waals surface area contributed by atoms with Crippen LogP contribution in [-0.4, -0.2) is 86.0 Å². The number of rotatable bonds is 5. The van der Waals surface area contributed by atoms with E-state index in [9.17, 15) is 4.79 Å². The molecule has 0 saturated carbocycles. The standard InChI is InChI=1S/C21H35N5O2.HI/c1-17-14-18(2)16-24(15-17)8-5-7-23-21(22-3)26-11-9-25(10-12-26)20(27)19-6-4-13-28-19;/h4,6,13,17-18H,5,7-12,14-16H2,1-3H3,(H,22,23);1H. The van der Waals surface area contributed by atoms with Gasteiger partial charge in [-0.3, -0.25) is 9.79 Å². The SMILES string of the molecule is CN=C(NCCCN1CC(C)CC(C)C1)N1CCN(C(=O)c2ccco2)CC1.I. The molecular formula is C21H36IN5O2. The summed E-state index contributed by atoms with van der Waals surface area (Å²) >= 11 is 0. The first-order valence-electron chi connectivity index (χ1n) is 10.6. The van der Waals surface area contributed by atoms with Gasteiger partial charge in [0.05, 0.1) is 6.26 Å². The molecule has 2 unspecified atom stereocenters. The fourth-order valence-electron chi connectivity index (χ4n) is 4.49. The van der Waals surface area contributed by atoms with E-state index in [1.165, 1.54) is 19.5 Å². The largest absolute Gasteiger partial charge is 0.459 e. The number of nitrogens with one attached hydrogen (secondary N) is 1. The lowest BCUT2D eigenvalue weighted by Crippen LogP contribution is -2.54. The average molecular weight is 517 g/mol. The van der Waals surface area contributed by atoms with Crippen LogP contribution in [0.3, 0.4) is 0 Å². The fraction of sp³-hybridized carbons (Fsp3) is 0.714. The van der Waals surface area contributed by atoms with Crippen LogP contribution < -0.4 is 5.32 Å². The first kappa shape index (κ1) is 24.0. The molecule has 1 aromatic heterocycles. The van der Waals surface area contributed by atoms with E-state index >= 15 is 0 Å². The molecule has 3 heterocycles. The van der Waals surface area contributed by atoms with E-state index in [1.54, 1.807) is 18.4 Å². The number of halogens is 1. The Morgan fingerprint density at radius 2 is 1.83 bits per heavy atom. The van der Waals surface area contributed by atoms with Crippen molar-refractivity contribution < 1.29 is 9.21 Å². The van der Waals surface area contributed by atoms with E-state index < -0.39 is 0 Å². The molecule has 164 valence electrons. The Hall–Kier alpha value is -1.29. The van der Waals surface area contributed by atoms with Crippen LogP contribution in [0, 0.1) is 11.8 Å². The second kappa shape index (κ2) is 11.8. The Bertz CT molecular complexity index is 634. The highest BCUT2D eigenvalue weighted by atomic mass is 127. The normalized spacial score (nSPS) is 23.6. The molecule has 2 atom stereocenters. The molecular weight excluding hydrogens is 481 g/mol. The smallest absolute Gasteiger partial charge is 0.289 e. The van der Waals surface area contributed by atoms with Gasteiger partial charge in [-0.2, -0.15) is 0 Å². The molecule has 2 fully saturated rings. The molecule has 2 aliphatic heterocycles. The van der Waals surface area contributed by atoms with Crippen LogP contribution in [0.2, 0.25) is 0 Å². The third-order valence-electron chi connectivity index (χ3n) is 5.69. The molecule has 0 radical (unpaired) electrons. The van der Waals surface area contributed by atoms with Gasteiger partial charge in [0.15, 0.2) is 11.7 Å². The van der Waals surface area contributed by atoms with Gasteiger partial charge in [-0.05, 0) is 43.4 Å². The molecule has 0 spiro atoms. The maximum atomic E-state index is 12.4. The number of amides is 1. The Balaban J connectivity index is 0.00000300. The highest BCUT2D eigenvalue weighted by Gasteiger charge is 2.25. The van der Waals surface area contributed by atoms with Gasteiger partial charge in [0, 0.05) is 52.9 Å². The second-order valence-electron chi connectivity index (χ2n) is 8.29. The third kappa shape index (κ3) is 6.87. The van der Waals surface area contributed by atoms with Crippen molar-refractivity contribution in [3.63, 3.8) is 0 Å². The van der Waals surface area contributed by atoms with E-state index in [2.05, 4.69) is 34.0 Å². The number of hydrogen-bond donors (Lipinski definition) is 1. The van der Waals surface area contributed by atoms with E-state index in [-0.39, 0.29) is 29.9 Å². The Labute approximate surface area is 191 Å². The molecule has 1 amide bonds. The number of guanidine groups is 1. The highest BCUT2D eigenvalue weighted by Crippen LogP contribution is 2.20. The zero-order chi connectivity index (χ0) is 19.9. The summed E-state index contributed by atoms with van der Waals surface area (Å²) in [5.41, 5.74) is 0. The molecule has 8 heteroatoms. The van der Waals surface area contributed by atoms with E-state index in [4.69, 9.17) is 4.42 Å². The number of aliphatic imine (C=N–C) groups is 1. The van der Waals surface area contributed by atoms with Crippen molar-refractivity contribution in [2.45, 2.75) is 26.7 Å². The summed E-state index contributed by atoms with van der Waals surface area (Å²) in [6, 6.07) is 3.47. The minimum Gasteiger partial charge on any atom is -0.459 e. The van der Waals surface area contributed by atoms with Crippen LogP contribution in [0.5, 0.6) is 0 Å². The Morgan fingerprint density at radius 1 is 1.17 bits per heavy atom. The zero-order valence-corrected chi connectivity index (χ0v) is 20.3. The average Bonchev–Trinajstić information content (AvgIpc) is 3.22. The number of carbonyl (C=O) groups excluding carboxylic acids is 1. The predicted molar refractivity (Wildman–Crippen MR) is 127 cm³/mol. The van der Waals surface area contributed by atoms with Crippen molar-refractivity contribution in [3.05, 3.63) is 24.2 Å². The second-order valence-corrected chi connectivity index (χ2v) is 8.29. The summed E-state index contributed by atoms with van der Waals surface area (Å²) in [4.78, 5) is 23.5. The van der Waals surface area contributed by atoms with Crippen molar-refractivity contribution in [2.24, 2.45) is 16.8 Å². The van der Waals surface area contributed by atoms with Crippen molar-refractivity contribution in [3.8, 4) is 0 Å². The molecule has 2 saturated heterocycles. The van der Waals surface area contributed by atoms with Crippen LogP contribution in [0.15, 0.2) is 27.8 Å². The molecule has 0 bridgehead atoms. The number of furan rings is 1. The quantitative estimate of drug-likeness (QED) is 0.282. The number of nitrogens with zero attached hydrogens (tertiary/aromatic N) is 4. The van der Waals surface area contributed by atoms with Crippen LogP contribution in [0.1, 0.15) is 37.2 Å². The Kier molecular flexibility index (Phi) is 9.74. The first-order chi connectivity index (χ1) is 13.6. The van der Waals surface area contributed by atoms with Gasteiger partial charge in [0.25, 0.3) is 5.91 Å². The van der Waals surface area contributed by atoms with E-state index in [0.717, 1.165) is 50.4 Å². The lowest BCUT2D eigenvalue weighted by molar-refractivity contribution is 0.0657. The molecule has 3 rings (SSSR count). The van der Waals surface area contributed by atoms with Crippen LogP contribution >= 0.6 is 24.0 Å². The first-order valence-corrected chi connectivity index (χ1v) is 10.6. The molecule has 1 N–H and O–H groups in total. The van der Waals surface area contributed by atoms with E-state index in [0.29, 0.717) is 18.8 Å². The minimum atomic E-state index is -0.0300. The van der Waals surface area contributed by atoms with Crippen molar-refractivity contribution in [1.82, 2.24) is 20.0 Å². The lowest BCUT2D eigenvalue weighted by Gasteiger charge is -2.36. The van der Waals surface area contributed by atoms with E-state index in [1.807, 2.05) is 11.9 Å².